The van der Waals surface area contributed by atoms with Gasteiger partial charge < -0.3 is 0 Å². The van der Waals surface area contributed by atoms with Crippen molar-refractivity contribution in [2.45, 2.75) is 0 Å². The van der Waals surface area contributed by atoms with Crippen LogP contribution in [0.1, 0.15) is 0 Å². The first-order chi connectivity index (χ1) is 25.3. The molecule has 10 rings (SSSR count). The van der Waals surface area contributed by atoms with Crippen molar-refractivity contribution in [1.29, 1.82) is 0 Å². The van der Waals surface area contributed by atoms with E-state index in [1.807, 2.05) is 12.3 Å². The van der Waals surface area contributed by atoms with Crippen molar-refractivity contribution in [2.24, 2.45) is 0 Å². The van der Waals surface area contributed by atoms with E-state index in [2.05, 4.69) is 187 Å². The number of para-hydroxylation sites is 1. The third-order valence-electron chi connectivity index (χ3n) is 10.2. The minimum atomic E-state index is 0.971. The van der Waals surface area contributed by atoms with Gasteiger partial charge in [0.25, 0.3) is 0 Å². The van der Waals surface area contributed by atoms with Crippen LogP contribution in [-0.4, -0.2) is 9.55 Å². The maximum atomic E-state index is 4.81. The molecule has 0 N–H and O–H groups in total. The van der Waals surface area contributed by atoms with Crippen LogP contribution in [0.15, 0.2) is 194 Å². The number of aromatic nitrogens is 2. The molecule has 0 spiro atoms. The Bertz CT molecular complexity index is 2840. The van der Waals surface area contributed by atoms with E-state index in [1.54, 1.807) is 0 Å². The second kappa shape index (κ2) is 12.0. The Labute approximate surface area is 296 Å². The average molecular weight is 649 g/mol. The standard InChI is InChI=1S/C49H32N2/c1-3-14-33(15-4-1)47-40-22-7-9-24-42(40)48(43-25-10-8-23-41(43)47)38-19-12-18-36(31-38)34-16-11-17-35(30-34)37-27-28-46-45(32-37)44-26-13-29-50-49(44)51(46)39-20-5-2-6-21-39/h1-32H. The molecule has 8 aromatic carbocycles. The van der Waals surface area contributed by atoms with Gasteiger partial charge in [-0.15, -0.1) is 0 Å². The summed E-state index contributed by atoms with van der Waals surface area (Å²) in [7, 11) is 0. The van der Waals surface area contributed by atoms with Crippen LogP contribution < -0.4 is 0 Å². The summed E-state index contributed by atoms with van der Waals surface area (Å²) in [5.41, 5.74) is 13.0. The van der Waals surface area contributed by atoms with E-state index in [4.69, 9.17) is 4.98 Å². The van der Waals surface area contributed by atoms with Crippen LogP contribution in [-0.2, 0) is 0 Å². The quantitative estimate of drug-likeness (QED) is 0.170. The van der Waals surface area contributed by atoms with Crippen LogP contribution in [0.2, 0.25) is 0 Å². The number of nitrogens with zero attached hydrogens (tertiary/aromatic N) is 2. The number of pyridine rings is 1. The van der Waals surface area contributed by atoms with Crippen LogP contribution in [0.4, 0.5) is 0 Å². The Balaban J connectivity index is 1.11. The van der Waals surface area contributed by atoms with Crippen molar-refractivity contribution in [3.8, 4) is 50.2 Å². The van der Waals surface area contributed by atoms with E-state index < -0.39 is 0 Å². The highest BCUT2D eigenvalue weighted by Gasteiger charge is 2.17. The Morgan fingerprint density at radius 2 is 0.784 bits per heavy atom. The SMILES string of the molecule is c1ccc(-c2c3ccccc3c(-c3cccc(-c4cccc(-c5ccc6c(c5)c5cccnc5n6-c5ccccc5)c4)c3)c3ccccc23)cc1. The summed E-state index contributed by atoms with van der Waals surface area (Å²) in [6, 6.07) is 68.0. The molecule has 0 atom stereocenters. The molecule has 0 aliphatic heterocycles. The van der Waals surface area contributed by atoms with Gasteiger partial charge in [-0.1, -0.05) is 140 Å². The molecule has 0 radical (unpaired) electrons. The van der Waals surface area contributed by atoms with E-state index >= 15 is 0 Å². The van der Waals surface area contributed by atoms with Gasteiger partial charge in [-0.05, 0) is 115 Å². The van der Waals surface area contributed by atoms with Gasteiger partial charge >= 0.3 is 0 Å². The molecule has 0 unspecified atom stereocenters. The number of benzene rings is 8. The van der Waals surface area contributed by atoms with Crippen molar-refractivity contribution < 1.29 is 0 Å². The second-order valence-electron chi connectivity index (χ2n) is 13.1. The molecule has 10 aromatic rings. The molecular formula is C49H32N2. The zero-order valence-electron chi connectivity index (χ0n) is 27.9. The van der Waals surface area contributed by atoms with E-state index in [0.717, 1.165) is 22.2 Å². The molecular weight excluding hydrogens is 617 g/mol. The zero-order valence-corrected chi connectivity index (χ0v) is 27.9. The van der Waals surface area contributed by atoms with Gasteiger partial charge in [0, 0.05) is 22.7 Å². The fourth-order valence-corrected chi connectivity index (χ4v) is 7.95. The summed E-state index contributed by atoms with van der Waals surface area (Å²) >= 11 is 0. The van der Waals surface area contributed by atoms with Crippen LogP contribution in [0.3, 0.4) is 0 Å². The van der Waals surface area contributed by atoms with E-state index in [0.29, 0.717) is 0 Å². The number of hydrogen-bond donors (Lipinski definition) is 0. The first-order valence-corrected chi connectivity index (χ1v) is 17.5. The molecule has 2 heteroatoms. The van der Waals surface area contributed by atoms with Gasteiger partial charge in [-0.25, -0.2) is 4.98 Å². The smallest absolute Gasteiger partial charge is 0.145 e. The largest absolute Gasteiger partial charge is 0.294 e. The van der Waals surface area contributed by atoms with Crippen LogP contribution >= 0.6 is 0 Å². The average Bonchev–Trinajstić information content (AvgIpc) is 3.54. The molecule has 0 saturated heterocycles. The molecule has 0 amide bonds. The number of hydrogen-bond acceptors (Lipinski definition) is 1. The van der Waals surface area contributed by atoms with Gasteiger partial charge in [-0.2, -0.15) is 0 Å². The summed E-state index contributed by atoms with van der Waals surface area (Å²) in [5, 5.41) is 7.41. The fraction of sp³-hybridized carbons (Fsp3) is 0. The molecule has 238 valence electrons. The van der Waals surface area contributed by atoms with E-state index in [-0.39, 0.29) is 0 Å². The first kappa shape index (κ1) is 29.2. The van der Waals surface area contributed by atoms with Gasteiger partial charge in [-0.3, -0.25) is 4.57 Å². The number of rotatable bonds is 5. The predicted molar refractivity (Wildman–Crippen MR) is 215 cm³/mol. The lowest BCUT2D eigenvalue weighted by Crippen LogP contribution is -1.94. The van der Waals surface area contributed by atoms with Crippen LogP contribution in [0.5, 0.6) is 0 Å². The zero-order chi connectivity index (χ0) is 33.7. The molecule has 51 heavy (non-hydrogen) atoms. The Kier molecular flexibility index (Phi) is 6.85. The maximum Gasteiger partial charge on any atom is 0.145 e. The summed E-state index contributed by atoms with van der Waals surface area (Å²) < 4.78 is 2.26. The normalized spacial score (nSPS) is 11.5. The van der Waals surface area contributed by atoms with E-state index in [1.165, 1.54) is 71.4 Å². The van der Waals surface area contributed by atoms with Gasteiger partial charge in [0.1, 0.15) is 5.65 Å². The van der Waals surface area contributed by atoms with Gasteiger partial charge in [0.2, 0.25) is 0 Å². The molecule has 2 nitrogen and oxygen atoms in total. The summed E-state index contributed by atoms with van der Waals surface area (Å²) in [6.07, 6.45) is 1.88. The lowest BCUT2D eigenvalue weighted by molar-refractivity contribution is 1.14. The summed E-state index contributed by atoms with van der Waals surface area (Å²) in [5.74, 6) is 0. The Morgan fingerprint density at radius 1 is 0.314 bits per heavy atom. The minimum absolute atomic E-state index is 0.971. The molecule has 0 aliphatic carbocycles. The summed E-state index contributed by atoms with van der Waals surface area (Å²) in [6.45, 7) is 0. The highest BCUT2D eigenvalue weighted by Crippen LogP contribution is 2.44. The third kappa shape index (κ3) is 4.84. The molecule has 2 heterocycles. The monoisotopic (exact) mass is 648 g/mol. The Morgan fingerprint density at radius 3 is 1.41 bits per heavy atom. The van der Waals surface area contributed by atoms with Crippen molar-refractivity contribution in [2.75, 3.05) is 0 Å². The fourth-order valence-electron chi connectivity index (χ4n) is 7.95. The first-order valence-electron chi connectivity index (χ1n) is 17.5. The van der Waals surface area contributed by atoms with Crippen molar-refractivity contribution in [1.82, 2.24) is 9.55 Å². The van der Waals surface area contributed by atoms with Gasteiger partial charge in [0.05, 0.1) is 5.52 Å². The van der Waals surface area contributed by atoms with Gasteiger partial charge in [0.15, 0.2) is 0 Å². The van der Waals surface area contributed by atoms with E-state index in [9.17, 15) is 0 Å². The lowest BCUT2D eigenvalue weighted by Gasteiger charge is -2.18. The molecule has 0 fully saturated rings. The van der Waals surface area contributed by atoms with Crippen molar-refractivity contribution in [3.63, 3.8) is 0 Å². The predicted octanol–water partition coefficient (Wildman–Crippen LogP) is 13.2. The Hall–Kier alpha value is -6.77. The molecule has 0 bridgehead atoms. The lowest BCUT2D eigenvalue weighted by atomic mass is 9.85. The van der Waals surface area contributed by atoms with Crippen LogP contribution in [0.25, 0.3) is 93.7 Å². The molecule has 2 aromatic heterocycles. The third-order valence-corrected chi connectivity index (χ3v) is 10.2. The maximum absolute atomic E-state index is 4.81. The van der Waals surface area contributed by atoms with Crippen molar-refractivity contribution >= 4 is 43.5 Å². The molecule has 0 saturated carbocycles. The highest BCUT2D eigenvalue weighted by molar-refractivity contribution is 6.21. The summed E-state index contributed by atoms with van der Waals surface area (Å²) in [4.78, 5) is 4.81. The number of fused-ring (bicyclic) bond motifs is 5. The highest BCUT2D eigenvalue weighted by atomic mass is 15.0. The molecule has 0 aliphatic rings. The van der Waals surface area contributed by atoms with Crippen LogP contribution in [0, 0.1) is 0 Å². The minimum Gasteiger partial charge on any atom is -0.294 e. The van der Waals surface area contributed by atoms with Crippen molar-refractivity contribution in [3.05, 3.63) is 194 Å². The topological polar surface area (TPSA) is 17.8 Å². The second-order valence-corrected chi connectivity index (χ2v) is 13.1.